The number of aliphatic carboxylic acids is 1. The molecule has 140 valence electrons. The van der Waals surface area contributed by atoms with E-state index < -0.39 is 24.5 Å². The van der Waals surface area contributed by atoms with E-state index in [0.717, 1.165) is 19.3 Å². The third-order valence-electron chi connectivity index (χ3n) is 3.24. The molecule has 1 rings (SSSR count). The lowest BCUT2D eigenvalue weighted by Gasteiger charge is -2.07. The van der Waals surface area contributed by atoms with Crippen molar-refractivity contribution in [2.24, 2.45) is 0 Å². The minimum Gasteiger partial charge on any atom is -0.480 e. The Labute approximate surface area is 147 Å². The van der Waals surface area contributed by atoms with Crippen LogP contribution in [0.2, 0.25) is 0 Å². The van der Waals surface area contributed by atoms with Gasteiger partial charge in [0, 0.05) is 0 Å². The summed E-state index contributed by atoms with van der Waals surface area (Å²) in [6.07, 6.45) is 6.68. The van der Waals surface area contributed by atoms with E-state index in [1.807, 2.05) is 0 Å². The normalized spacial score (nSPS) is 9.68. The van der Waals surface area contributed by atoms with Crippen molar-refractivity contribution in [3.8, 4) is 0 Å². The number of hydrogen-bond acceptors (Lipinski definition) is 5. The average molecular weight is 354 g/mol. The van der Waals surface area contributed by atoms with Gasteiger partial charge in [-0.05, 0) is 18.6 Å². The lowest BCUT2D eigenvalue weighted by molar-refractivity contribution is -0.140. The first-order chi connectivity index (χ1) is 11.9. The predicted octanol–water partition coefficient (Wildman–Crippen LogP) is 2.97. The average Bonchev–Trinajstić information content (AvgIpc) is 2.61. The van der Waals surface area contributed by atoms with E-state index in [1.54, 1.807) is 12.1 Å². The number of aliphatic hydroxyl groups excluding tert-OH is 1. The number of carboxylic acids is 2. The summed E-state index contributed by atoms with van der Waals surface area (Å²) in [6, 6.07) is 6.11. The fraction of sp³-hybridized carbons (Fsp3) is 0.500. The van der Waals surface area contributed by atoms with Crippen LogP contribution in [0.15, 0.2) is 24.3 Å². The van der Waals surface area contributed by atoms with E-state index in [-0.39, 0.29) is 11.1 Å². The van der Waals surface area contributed by atoms with Crippen LogP contribution in [-0.4, -0.2) is 46.4 Å². The van der Waals surface area contributed by atoms with Crippen LogP contribution in [0.3, 0.4) is 0 Å². The van der Waals surface area contributed by atoms with E-state index in [0.29, 0.717) is 6.61 Å². The molecule has 0 saturated carbocycles. The molecule has 0 aliphatic carbocycles. The molecule has 0 amide bonds. The summed E-state index contributed by atoms with van der Waals surface area (Å²) in [7, 11) is 0. The number of carbonyl (C=O) groups excluding carboxylic acids is 1. The monoisotopic (exact) mass is 354 g/mol. The van der Waals surface area contributed by atoms with E-state index in [2.05, 4.69) is 6.92 Å². The number of ether oxygens (including phenoxy) is 1. The summed E-state index contributed by atoms with van der Waals surface area (Å²) in [5.41, 5.74) is 0.103. The van der Waals surface area contributed by atoms with Crippen LogP contribution in [0.5, 0.6) is 0 Å². The highest BCUT2D eigenvalue weighted by molar-refractivity contribution is 6.02. The molecule has 0 heterocycles. The van der Waals surface area contributed by atoms with Gasteiger partial charge in [0.05, 0.1) is 17.7 Å². The zero-order chi connectivity index (χ0) is 19.1. The molecule has 0 atom stereocenters. The molecular weight excluding hydrogens is 328 g/mol. The molecule has 7 nitrogen and oxygen atoms in total. The standard InChI is InChI=1S/C16H22O4.C2H4O3/c1-2-3-4-5-6-9-12-20-16(19)14-11-8-7-10-13(14)15(17)18;3-1-2(4)5/h7-8,10-11H,2-6,9,12H2,1H3,(H,17,18);3H,1H2,(H,4,5). The summed E-state index contributed by atoms with van der Waals surface area (Å²) >= 11 is 0. The number of aromatic carboxylic acids is 1. The minimum atomic E-state index is -1.19. The number of hydrogen-bond donors (Lipinski definition) is 3. The molecule has 0 aliphatic heterocycles. The highest BCUT2D eigenvalue weighted by Gasteiger charge is 2.16. The van der Waals surface area contributed by atoms with Crippen molar-refractivity contribution in [2.45, 2.75) is 45.4 Å². The lowest BCUT2D eigenvalue weighted by Crippen LogP contribution is -2.12. The van der Waals surface area contributed by atoms with Crippen molar-refractivity contribution in [1.82, 2.24) is 0 Å². The van der Waals surface area contributed by atoms with E-state index in [9.17, 15) is 9.59 Å². The van der Waals surface area contributed by atoms with Gasteiger partial charge < -0.3 is 20.1 Å². The molecule has 0 bridgehead atoms. The Morgan fingerprint density at radius 2 is 1.44 bits per heavy atom. The number of rotatable bonds is 10. The summed E-state index contributed by atoms with van der Waals surface area (Å²) in [5, 5.41) is 24.0. The molecule has 1 aromatic rings. The van der Waals surface area contributed by atoms with Gasteiger partial charge in [-0.1, -0.05) is 51.2 Å². The number of carbonyl (C=O) groups is 3. The Hall–Kier alpha value is -2.41. The van der Waals surface area contributed by atoms with Gasteiger partial charge >= 0.3 is 17.9 Å². The van der Waals surface area contributed by atoms with Gasteiger partial charge in [-0.2, -0.15) is 0 Å². The zero-order valence-corrected chi connectivity index (χ0v) is 14.4. The smallest absolute Gasteiger partial charge is 0.339 e. The number of aliphatic hydroxyl groups is 1. The molecule has 0 saturated heterocycles. The second-order valence-electron chi connectivity index (χ2n) is 5.31. The Balaban J connectivity index is 0.00000101. The number of benzene rings is 1. The van der Waals surface area contributed by atoms with Gasteiger partial charge in [-0.3, -0.25) is 0 Å². The number of carboxylic acid groups (broad SMARTS) is 2. The van der Waals surface area contributed by atoms with Gasteiger partial charge in [-0.25, -0.2) is 14.4 Å². The molecule has 0 spiro atoms. The third kappa shape index (κ3) is 10.9. The second kappa shape index (κ2) is 14.0. The van der Waals surface area contributed by atoms with Gasteiger partial charge in [-0.15, -0.1) is 0 Å². The van der Waals surface area contributed by atoms with Crippen molar-refractivity contribution >= 4 is 17.9 Å². The Bertz CT molecular complexity index is 540. The number of unbranched alkanes of at least 4 members (excludes halogenated alkanes) is 5. The molecule has 0 radical (unpaired) electrons. The highest BCUT2D eigenvalue weighted by Crippen LogP contribution is 2.11. The van der Waals surface area contributed by atoms with Gasteiger partial charge in [0.2, 0.25) is 0 Å². The Morgan fingerprint density at radius 1 is 0.920 bits per heavy atom. The first kappa shape index (κ1) is 22.6. The maximum atomic E-state index is 11.8. The van der Waals surface area contributed by atoms with Crippen LogP contribution in [0.1, 0.15) is 66.2 Å². The topological polar surface area (TPSA) is 121 Å². The van der Waals surface area contributed by atoms with Crippen LogP contribution in [0, 0.1) is 0 Å². The molecule has 25 heavy (non-hydrogen) atoms. The van der Waals surface area contributed by atoms with Crippen molar-refractivity contribution in [3.63, 3.8) is 0 Å². The summed E-state index contributed by atoms with van der Waals surface area (Å²) < 4.78 is 5.12. The second-order valence-corrected chi connectivity index (χ2v) is 5.31. The predicted molar refractivity (Wildman–Crippen MR) is 91.8 cm³/mol. The maximum absolute atomic E-state index is 11.8. The first-order valence-corrected chi connectivity index (χ1v) is 8.26. The molecule has 0 aliphatic rings. The van der Waals surface area contributed by atoms with Gasteiger partial charge in [0.25, 0.3) is 0 Å². The fourth-order valence-corrected chi connectivity index (χ4v) is 1.97. The zero-order valence-electron chi connectivity index (χ0n) is 14.4. The molecule has 3 N–H and O–H groups in total. The van der Waals surface area contributed by atoms with Crippen molar-refractivity contribution in [3.05, 3.63) is 35.4 Å². The van der Waals surface area contributed by atoms with Crippen LogP contribution in [0.4, 0.5) is 0 Å². The summed E-state index contributed by atoms with van der Waals surface area (Å²) in [6.45, 7) is 1.74. The van der Waals surface area contributed by atoms with Crippen LogP contribution < -0.4 is 0 Å². The van der Waals surface area contributed by atoms with Gasteiger partial charge in [0.1, 0.15) is 6.61 Å². The van der Waals surface area contributed by atoms with E-state index in [4.69, 9.17) is 24.9 Å². The molecule has 0 aromatic heterocycles. The summed E-state index contributed by atoms with van der Waals surface area (Å²) in [5.74, 6) is -2.86. The Morgan fingerprint density at radius 3 is 1.96 bits per heavy atom. The van der Waals surface area contributed by atoms with Crippen LogP contribution in [0.25, 0.3) is 0 Å². The van der Waals surface area contributed by atoms with E-state index in [1.165, 1.54) is 31.4 Å². The van der Waals surface area contributed by atoms with E-state index >= 15 is 0 Å². The summed E-state index contributed by atoms with van der Waals surface area (Å²) in [4.78, 5) is 31.9. The minimum absolute atomic E-state index is 0.0135. The third-order valence-corrected chi connectivity index (χ3v) is 3.24. The van der Waals surface area contributed by atoms with Crippen molar-refractivity contribution in [1.29, 1.82) is 0 Å². The quantitative estimate of drug-likeness (QED) is 0.436. The Kier molecular flexibility index (Phi) is 12.6. The molecular formula is C18H26O7. The first-order valence-electron chi connectivity index (χ1n) is 8.26. The maximum Gasteiger partial charge on any atom is 0.339 e. The van der Waals surface area contributed by atoms with Crippen molar-refractivity contribution < 1.29 is 34.4 Å². The molecule has 0 fully saturated rings. The van der Waals surface area contributed by atoms with Gasteiger partial charge in [0.15, 0.2) is 0 Å². The molecule has 1 aromatic carbocycles. The molecule has 7 heteroatoms. The molecule has 0 unspecified atom stereocenters. The largest absolute Gasteiger partial charge is 0.480 e. The SMILES string of the molecule is CCCCCCCCOC(=O)c1ccccc1C(=O)O.O=C(O)CO. The van der Waals surface area contributed by atoms with Crippen LogP contribution in [-0.2, 0) is 9.53 Å². The fourth-order valence-electron chi connectivity index (χ4n) is 1.97. The van der Waals surface area contributed by atoms with Crippen LogP contribution >= 0.6 is 0 Å². The highest BCUT2D eigenvalue weighted by atomic mass is 16.5. The number of esters is 1. The van der Waals surface area contributed by atoms with Crippen molar-refractivity contribution in [2.75, 3.05) is 13.2 Å². The lowest BCUT2D eigenvalue weighted by atomic mass is 10.1.